The molecule has 0 spiro atoms. The Labute approximate surface area is 245 Å². The minimum Gasteiger partial charge on any atom is -0.480 e. The minimum atomic E-state index is -1.26. The number of carbonyl (C=O) groups is 3. The van der Waals surface area contributed by atoms with Gasteiger partial charge in [0.15, 0.2) is 0 Å². The summed E-state index contributed by atoms with van der Waals surface area (Å²) in [5, 5.41) is 13.1. The molecular weight excluding hydrogens is 575 g/mol. The van der Waals surface area contributed by atoms with Crippen molar-refractivity contribution >= 4 is 52.6 Å². The topological polar surface area (TPSA) is 105 Å². The Morgan fingerprint density at radius 2 is 1.75 bits per heavy atom. The van der Waals surface area contributed by atoms with E-state index < -0.39 is 17.9 Å². The van der Waals surface area contributed by atoms with E-state index in [0.717, 1.165) is 11.3 Å². The van der Waals surface area contributed by atoms with Crippen LogP contribution in [0.3, 0.4) is 0 Å². The Morgan fingerprint density at radius 1 is 1.02 bits per heavy atom. The van der Waals surface area contributed by atoms with Crippen LogP contribution in [0.2, 0.25) is 15.1 Å². The lowest BCUT2D eigenvalue weighted by Gasteiger charge is -2.30. The molecule has 0 saturated heterocycles. The Morgan fingerprint density at radius 3 is 2.45 bits per heavy atom. The molecule has 1 aromatic heterocycles. The van der Waals surface area contributed by atoms with Crippen LogP contribution in [0.5, 0.6) is 0 Å². The molecule has 11 heteroatoms. The number of carboxylic acid groups (broad SMARTS) is 1. The highest BCUT2D eigenvalue weighted by molar-refractivity contribution is 6.40. The molecule has 0 aliphatic carbocycles. The van der Waals surface area contributed by atoms with E-state index in [0.29, 0.717) is 34.8 Å². The lowest BCUT2D eigenvalue weighted by Crippen LogP contribution is -2.43. The number of aromatic nitrogens is 2. The number of hydrogen-bond acceptors (Lipinski definition) is 4. The van der Waals surface area contributed by atoms with Gasteiger partial charge >= 0.3 is 5.97 Å². The zero-order valence-electron chi connectivity index (χ0n) is 21.0. The predicted octanol–water partition coefficient (Wildman–Crippen LogP) is 5.46. The van der Waals surface area contributed by atoms with Crippen LogP contribution >= 0.6 is 34.8 Å². The van der Waals surface area contributed by atoms with Crippen LogP contribution in [0.1, 0.15) is 37.5 Å². The highest BCUT2D eigenvalue weighted by Crippen LogP contribution is 2.35. The fourth-order valence-corrected chi connectivity index (χ4v) is 5.55. The van der Waals surface area contributed by atoms with E-state index in [1.807, 2.05) is 30.3 Å². The number of aliphatic carboxylic acids is 1. The van der Waals surface area contributed by atoms with Crippen LogP contribution in [0.4, 0.5) is 0 Å². The summed E-state index contributed by atoms with van der Waals surface area (Å²) in [7, 11) is 0. The summed E-state index contributed by atoms with van der Waals surface area (Å²) >= 11 is 19.1. The van der Waals surface area contributed by atoms with Crippen molar-refractivity contribution in [3.8, 4) is 5.69 Å². The molecule has 1 aliphatic heterocycles. The number of rotatable bonds is 7. The number of hydrogen-bond donors (Lipinski definition) is 2. The molecule has 1 aliphatic rings. The van der Waals surface area contributed by atoms with Crippen molar-refractivity contribution in [2.24, 2.45) is 0 Å². The van der Waals surface area contributed by atoms with Gasteiger partial charge < -0.3 is 19.9 Å². The van der Waals surface area contributed by atoms with Crippen LogP contribution in [0, 0.1) is 0 Å². The van der Waals surface area contributed by atoms with Crippen molar-refractivity contribution < 1.29 is 19.5 Å². The molecule has 0 bridgehead atoms. The summed E-state index contributed by atoms with van der Waals surface area (Å²) in [5.41, 5.74) is 3.30. The second-order valence-electron chi connectivity index (χ2n) is 9.34. The molecule has 40 heavy (non-hydrogen) atoms. The smallest absolute Gasteiger partial charge is 0.326 e. The van der Waals surface area contributed by atoms with Gasteiger partial charge in [-0.2, -0.15) is 0 Å². The van der Waals surface area contributed by atoms with E-state index in [4.69, 9.17) is 34.8 Å². The monoisotopic (exact) mass is 596 g/mol. The van der Waals surface area contributed by atoms with Crippen molar-refractivity contribution in [3.05, 3.63) is 116 Å². The summed E-state index contributed by atoms with van der Waals surface area (Å²) in [4.78, 5) is 44.2. The van der Waals surface area contributed by atoms with Gasteiger partial charge in [0.2, 0.25) is 0 Å². The number of nitrogens with zero attached hydrogens (tertiary/aromatic N) is 3. The molecule has 2 N–H and O–H groups in total. The predicted molar refractivity (Wildman–Crippen MR) is 153 cm³/mol. The number of halogens is 3. The van der Waals surface area contributed by atoms with Crippen LogP contribution in [-0.4, -0.2) is 49.9 Å². The van der Waals surface area contributed by atoms with E-state index in [-0.39, 0.29) is 34.5 Å². The third kappa shape index (κ3) is 5.84. The Hall–Kier alpha value is -3.85. The molecule has 0 radical (unpaired) electrons. The van der Waals surface area contributed by atoms with Crippen molar-refractivity contribution in [2.45, 2.75) is 25.4 Å². The van der Waals surface area contributed by atoms with Gasteiger partial charge in [0, 0.05) is 42.0 Å². The van der Waals surface area contributed by atoms with Gasteiger partial charge in [-0.15, -0.1) is 0 Å². The lowest BCUT2D eigenvalue weighted by atomic mass is 9.95. The average molecular weight is 598 g/mol. The number of para-hydroxylation sites is 1. The quantitative estimate of drug-likeness (QED) is 0.295. The van der Waals surface area contributed by atoms with Gasteiger partial charge in [0.1, 0.15) is 6.04 Å². The molecule has 3 aromatic carbocycles. The molecule has 2 heterocycles. The van der Waals surface area contributed by atoms with Gasteiger partial charge in [0.25, 0.3) is 11.8 Å². The first-order valence-corrected chi connectivity index (χ1v) is 13.5. The summed E-state index contributed by atoms with van der Waals surface area (Å²) in [5.74, 6) is -2.08. The molecule has 204 valence electrons. The summed E-state index contributed by atoms with van der Waals surface area (Å²) in [6, 6.07) is 16.5. The standard InChI is InChI=1S/C29H23Cl3N4O4/c30-19-8-6-17(7-9-19)28(38)35-11-10-22-18(14-35)12-23(31)25(26(22)32)27(37)34-24(29(39)40)13-20-15-36(16-33-20)21-4-2-1-3-5-21/h1-9,12,15-16,24H,10-11,13-14H2,(H,34,37)(H,39,40)/t24-/m0/s1. The molecule has 0 unspecified atom stereocenters. The van der Waals surface area contributed by atoms with Crippen LogP contribution < -0.4 is 5.32 Å². The molecule has 2 amide bonds. The molecule has 8 nitrogen and oxygen atoms in total. The number of fused-ring (bicyclic) bond motifs is 1. The Bertz CT molecular complexity index is 1590. The Kier molecular flexibility index (Phi) is 8.12. The number of carbonyl (C=O) groups excluding carboxylic acids is 2. The maximum atomic E-state index is 13.2. The number of amides is 2. The summed E-state index contributed by atoms with van der Waals surface area (Å²) < 4.78 is 1.77. The summed E-state index contributed by atoms with van der Waals surface area (Å²) in [6.07, 6.45) is 3.67. The largest absolute Gasteiger partial charge is 0.480 e. The van der Waals surface area contributed by atoms with E-state index in [9.17, 15) is 19.5 Å². The third-order valence-electron chi connectivity index (χ3n) is 6.72. The van der Waals surface area contributed by atoms with E-state index >= 15 is 0 Å². The number of nitrogens with one attached hydrogen (secondary N) is 1. The number of benzene rings is 3. The highest BCUT2D eigenvalue weighted by Gasteiger charge is 2.30. The molecule has 0 saturated carbocycles. The third-order valence-corrected chi connectivity index (χ3v) is 7.68. The van der Waals surface area contributed by atoms with Crippen LogP contribution in [0.25, 0.3) is 5.69 Å². The first kappa shape index (κ1) is 27.7. The lowest BCUT2D eigenvalue weighted by molar-refractivity contribution is -0.139. The molecule has 1 atom stereocenters. The van der Waals surface area contributed by atoms with Crippen molar-refractivity contribution in [1.82, 2.24) is 19.8 Å². The highest BCUT2D eigenvalue weighted by atomic mass is 35.5. The number of imidazole rings is 1. The molecule has 5 rings (SSSR count). The van der Waals surface area contributed by atoms with Gasteiger partial charge in [0.05, 0.1) is 27.6 Å². The van der Waals surface area contributed by atoms with Crippen molar-refractivity contribution in [3.63, 3.8) is 0 Å². The second kappa shape index (κ2) is 11.7. The van der Waals surface area contributed by atoms with Gasteiger partial charge in [-0.3, -0.25) is 9.59 Å². The maximum absolute atomic E-state index is 13.2. The average Bonchev–Trinajstić information content (AvgIpc) is 3.41. The fourth-order valence-electron chi connectivity index (χ4n) is 4.66. The molecular formula is C29H23Cl3N4O4. The van der Waals surface area contributed by atoms with Gasteiger partial charge in [-0.1, -0.05) is 53.0 Å². The van der Waals surface area contributed by atoms with Crippen molar-refractivity contribution in [1.29, 1.82) is 0 Å². The normalized spacial score (nSPS) is 13.4. The zero-order valence-corrected chi connectivity index (χ0v) is 23.2. The SMILES string of the molecule is O=C(N[C@@H](Cc1cn(-c2ccccc2)cn1)C(=O)O)c1c(Cl)cc2c(c1Cl)CCN(C(=O)c1ccc(Cl)cc1)C2. The maximum Gasteiger partial charge on any atom is 0.326 e. The summed E-state index contributed by atoms with van der Waals surface area (Å²) in [6.45, 7) is 0.651. The first-order chi connectivity index (χ1) is 19.2. The van der Waals surface area contributed by atoms with E-state index in [1.54, 1.807) is 52.3 Å². The zero-order chi connectivity index (χ0) is 28.4. The van der Waals surface area contributed by atoms with Gasteiger partial charge in [-0.25, -0.2) is 9.78 Å². The van der Waals surface area contributed by atoms with Gasteiger partial charge in [-0.05, 0) is 60.0 Å². The minimum absolute atomic E-state index is 0.000580. The van der Waals surface area contributed by atoms with E-state index in [2.05, 4.69) is 10.3 Å². The van der Waals surface area contributed by atoms with Crippen LogP contribution in [-0.2, 0) is 24.2 Å². The number of carboxylic acids is 1. The second-order valence-corrected chi connectivity index (χ2v) is 10.6. The first-order valence-electron chi connectivity index (χ1n) is 12.4. The Balaban J connectivity index is 1.32. The van der Waals surface area contributed by atoms with E-state index in [1.165, 1.54) is 0 Å². The van der Waals surface area contributed by atoms with Crippen LogP contribution in [0.15, 0.2) is 73.2 Å². The van der Waals surface area contributed by atoms with Crippen molar-refractivity contribution in [2.75, 3.05) is 6.54 Å². The molecule has 0 fully saturated rings. The molecule has 4 aromatic rings. The fraction of sp³-hybridized carbons (Fsp3) is 0.172.